The van der Waals surface area contributed by atoms with Crippen molar-refractivity contribution < 1.29 is 9.59 Å². The molecule has 2 heterocycles. The van der Waals surface area contributed by atoms with E-state index in [1.54, 1.807) is 29.8 Å². The van der Waals surface area contributed by atoms with Crippen LogP contribution in [-0.4, -0.2) is 28.2 Å². The van der Waals surface area contributed by atoms with Gasteiger partial charge < -0.3 is 10.2 Å². The number of imidazole rings is 1. The molecule has 2 aromatic heterocycles. The first kappa shape index (κ1) is 18.4. The maximum atomic E-state index is 13.1. The summed E-state index contributed by atoms with van der Waals surface area (Å²) < 4.78 is 1.64. The number of nitrogens with zero attached hydrogens (tertiary/aromatic N) is 3. The summed E-state index contributed by atoms with van der Waals surface area (Å²) in [6.45, 7) is 1.98. The van der Waals surface area contributed by atoms with Gasteiger partial charge in [-0.2, -0.15) is 0 Å². The Morgan fingerprint density at radius 3 is 2.34 bits per heavy atom. The largest absolute Gasteiger partial charge is 0.321 e. The molecule has 144 valence electrons. The van der Waals surface area contributed by atoms with E-state index >= 15 is 0 Å². The number of aromatic nitrogens is 2. The molecule has 2 amide bonds. The van der Waals surface area contributed by atoms with E-state index in [1.807, 2.05) is 67.6 Å². The van der Waals surface area contributed by atoms with E-state index in [0.29, 0.717) is 11.2 Å². The van der Waals surface area contributed by atoms with Gasteiger partial charge in [-0.25, -0.2) is 4.98 Å². The molecule has 0 aliphatic heterocycles. The van der Waals surface area contributed by atoms with Gasteiger partial charge in [-0.3, -0.25) is 14.0 Å². The highest BCUT2D eigenvalue weighted by molar-refractivity contribution is 6.10. The van der Waals surface area contributed by atoms with Gasteiger partial charge in [-0.15, -0.1) is 0 Å². The SMILES string of the molecule is Cc1ccc(NC(=O)c2nc(C(=O)N(C)c3ccccc3)n3ccccc23)cc1. The van der Waals surface area contributed by atoms with E-state index in [-0.39, 0.29) is 23.3 Å². The van der Waals surface area contributed by atoms with Gasteiger partial charge >= 0.3 is 0 Å². The summed E-state index contributed by atoms with van der Waals surface area (Å²) in [6, 6.07) is 22.2. The topological polar surface area (TPSA) is 66.7 Å². The first-order chi connectivity index (χ1) is 14.0. The maximum absolute atomic E-state index is 13.1. The van der Waals surface area contributed by atoms with Crippen LogP contribution in [0.25, 0.3) is 5.52 Å². The van der Waals surface area contributed by atoms with Gasteiger partial charge in [0.25, 0.3) is 11.8 Å². The van der Waals surface area contributed by atoms with E-state index in [4.69, 9.17) is 0 Å². The third-order valence-corrected chi connectivity index (χ3v) is 4.71. The molecule has 6 nitrogen and oxygen atoms in total. The van der Waals surface area contributed by atoms with Crippen molar-refractivity contribution in [2.45, 2.75) is 6.92 Å². The predicted molar refractivity (Wildman–Crippen MR) is 113 cm³/mol. The Hall–Kier alpha value is -3.93. The van der Waals surface area contributed by atoms with Crippen LogP contribution in [-0.2, 0) is 0 Å². The molecule has 4 aromatic rings. The van der Waals surface area contributed by atoms with Crippen molar-refractivity contribution in [1.82, 2.24) is 9.38 Å². The number of amides is 2. The molecule has 0 bridgehead atoms. The van der Waals surface area contributed by atoms with E-state index in [0.717, 1.165) is 11.3 Å². The molecule has 0 unspecified atom stereocenters. The number of carbonyl (C=O) groups excluding carboxylic acids is 2. The minimum Gasteiger partial charge on any atom is -0.321 e. The second-order valence-electron chi connectivity index (χ2n) is 6.76. The van der Waals surface area contributed by atoms with Gasteiger partial charge in [0.15, 0.2) is 5.69 Å². The first-order valence-corrected chi connectivity index (χ1v) is 9.23. The Balaban J connectivity index is 1.70. The Bertz CT molecular complexity index is 1180. The summed E-state index contributed by atoms with van der Waals surface area (Å²) in [5.74, 6) is -0.480. The number of fused-ring (bicyclic) bond motifs is 1. The highest BCUT2D eigenvalue weighted by Gasteiger charge is 2.24. The van der Waals surface area contributed by atoms with Crippen LogP contribution in [0, 0.1) is 6.92 Å². The number of benzene rings is 2. The van der Waals surface area contributed by atoms with Gasteiger partial charge in [0.05, 0.1) is 5.52 Å². The molecule has 1 N–H and O–H groups in total. The van der Waals surface area contributed by atoms with Gasteiger partial charge in [0.1, 0.15) is 0 Å². The summed E-state index contributed by atoms with van der Waals surface area (Å²) in [5, 5.41) is 2.85. The van der Waals surface area contributed by atoms with Gasteiger partial charge in [0.2, 0.25) is 5.82 Å². The van der Waals surface area contributed by atoms with Crippen LogP contribution in [0.3, 0.4) is 0 Å². The summed E-state index contributed by atoms with van der Waals surface area (Å²) in [5.41, 5.74) is 3.30. The van der Waals surface area contributed by atoms with Crippen LogP contribution >= 0.6 is 0 Å². The molecule has 4 rings (SSSR count). The second-order valence-corrected chi connectivity index (χ2v) is 6.76. The molecule has 0 atom stereocenters. The minimum absolute atomic E-state index is 0.181. The van der Waals surface area contributed by atoms with Crippen molar-refractivity contribution >= 4 is 28.7 Å². The molecule has 0 fully saturated rings. The standard InChI is InChI=1S/C23H20N4O2/c1-16-11-13-17(14-12-16)24-22(28)20-19-10-6-7-15-27(19)21(25-20)23(29)26(2)18-8-4-3-5-9-18/h3-15H,1-2H3,(H,24,28). The molecule has 0 radical (unpaired) electrons. The molecule has 0 saturated heterocycles. The van der Waals surface area contributed by atoms with Crippen molar-refractivity contribution in [3.63, 3.8) is 0 Å². The van der Waals surface area contributed by atoms with Crippen molar-refractivity contribution in [1.29, 1.82) is 0 Å². The van der Waals surface area contributed by atoms with Crippen molar-refractivity contribution in [3.05, 3.63) is 96.1 Å². The highest BCUT2D eigenvalue weighted by Crippen LogP contribution is 2.19. The van der Waals surface area contributed by atoms with Crippen LogP contribution in [0.5, 0.6) is 0 Å². The van der Waals surface area contributed by atoms with Crippen LogP contribution in [0.15, 0.2) is 79.0 Å². The zero-order valence-corrected chi connectivity index (χ0v) is 16.2. The number of nitrogens with one attached hydrogen (secondary N) is 1. The smallest absolute Gasteiger partial charge is 0.294 e. The Morgan fingerprint density at radius 2 is 1.62 bits per heavy atom. The quantitative estimate of drug-likeness (QED) is 0.574. The molecular weight excluding hydrogens is 364 g/mol. The molecular formula is C23H20N4O2. The van der Waals surface area contributed by atoms with Gasteiger partial charge in [-0.1, -0.05) is 42.0 Å². The Labute approximate surface area is 168 Å². The van der Waals surface area contributed by atoms with Crippen molar-refractivity contribution in [2.24, 2.45) is 0 Å². The number of para-hydroxylation sites is 1. The fraction of sp³-hybridized carbons (Fsp3) is 0.0870. The van der Waals surface area contributed by atoms with Crippen molar-refractivity contribution in [3.8, 4) is 0 Å². The monoisotopic (exact) mass is 384 g/mol. The van der Waals surface area contributed by atoms with Crippen LogP contribution in [0.2, 0.25) is 0 Å². The zero-order valence-electron chi connectivity index (χ0n) is 16.2. The van der Waals surface area contributed by atoms with E-state index in [2.05, 4.69) is 10.3 Å². The van der Waals surface area contributed by atoms with Crippen LogP contribution in [0.4, 0.5) is 11.4 Å². The average Bonchev–Trinajstić information content (AvgIpc) is 3.15. The summed E-state index contributed by atoms with van der Waals surface area (Å²) >= 11 is 0. The van der Waals surface area contributed by atoms with Crippen LogP contribution in [0.1, 0.15) is 26.7 Å². The fourth-order valence-electron chi connectivity index (χ4n) is 3.10. The third-order valence-electron chi connectivity index (χ3n) is 4.71. The summed E-state index contributed by atoms with van der Waals surface area (Å²) in [7, 11) is 1.69. The molecule has 0 aliphatic rings. The number of hydrogen-bond acceptors (Lipinski definition) is 3. The lowest BCUT2D eigenvalue weighted by molar-refractivity contribution is 0.0982. The average molecular weight is 384 g/mol. The normalized spacial score (nSPS) is 10.7. The van der Waals surface area contributed by atoms with Gasteiger partial charge in [-0.05, 0) is 43.3 Å². The Morgan fingerprint density at radius 1 is 0.931 bits per heavy atom. The second kappa shape index (κ2) is 7.59. The lowest BCUT2D eigenvalue weighted by Crippen LogP contribution is -2.28. The number of hydrogen-bond donors (Lipinski definition) is 1. The maximum Gasteiger partial charge on any atom is 0.294 e. The fourth-order valence-corrected chi connectivity index (χ4v) is 3.10. The first-order valence-electron chi connectivity index (χ1n) is 9.23. The lowest BCUT2D eigenvalue weighted by Gasteiger charge is -2.16. The highest BCUT2D eigenvalue weighted by atomic mass is 16.2. The molecule has 6 heteroatoms. The van der Waals surface area contributed by atoms with Crippen LogP contribution < -0.4 is 10.2 Å². The summed E-state index contributed by atoms with van der Waals surface area (Å²) in [4.78, 5) is 31.9. The number of aryl methyl sites for hydroxylation is 1. The van der Waals surface area contributed by atoms with Crippen molar-refractivity contribution in [2.75, 3.05) is 17.3 Å². The molecule has 0 aliphatic carbocycles. The van der Waals surface area contributed by atoms with E-state index in [1.165, 1.54) is 4.90 Å². The molecule has 0 saturated carbocycles. The molecule has 2 aromatic carbocycles. The number of carbonyl (C=O) groups is 2. The van der Waals surface area contributed by atoms with Gasteiger partial charge in [0, 0.05) is 24.6 Å². The lowest BCUT2D eigenvalue weighted by atomic mass is 10.2. The Kier molecular flexibility index (Phi) is 4.83. The summed E-state index contributed by atoms with van der Waals surface area (Å²) in [6.07, 6.45) is 1.73. The number of pyridine rings is 1. The predicted octanol–water partition coefficient (Wildman–Crippen LogP) is 4.17. The van der Waals surface area contributed by atoms with E-state index in [9.17, 15) is 9.59 Å². The zero-order chi connectivity index (χ0) is 20.4. The number of anilines is 2. The molecule has 29 heavy (non-hydrogen) atoms. The van der Waals surface area contributed by atoms with E-state index < -0.39 is 0 Å². The minimum atomic E-state index is -0.362. The molecule has 0 spiro atoms. The third kappa shape index (κ3) is 3.60. The number of rotatable bonds is 4.